The van der Waals surface area contributed by atoms with E-state index in [4.69, 9.17) is 0 Å². The first-order chi connectivity index (χ1) is 7.75. The molecule has 0 bridgehead atoms. The summed E-state index contributed by atoms with van der Waals surface area (Å²) < 4.78 is 4.00. The Balaban J connectivity index is 4.21. The predicted molar refractivity (Wildman–Crippen MR) is 52.9 cm³/mol. The van der Waals surface area contributed by atoms with Gasteiger partial charge in [0.25, 0.3) is 0 Å². The monoisotopic (exact) mass is 242 g/mol. The Labute approximate surface area is 96.6 Å². The molecule has 0 fully saturated rings. The highest BCUT2D eigenvalue weighted by atomic mass is 17.2. The first-order valence-corrected chi connectivity index (χ1v) is 4.26. The molecular formula is C10H10O7. The van der Waals surface area contributed by atoms with Gasteiger partial charge in [-0.15, -0.1) is 0 Å². The summed E-state index contributed by atoms with van der Waals surface area (Å²) in [6.07, 6.45) is 0. The molecule has 0 aliphatic rings. The van der Waals surface area contributed by atoms with Crippen LogP contribution in [0.5, 0.6) is 0 Å². The number of hydrogen-bond acceptors (Lipinski definition) is 7. The molecule has 17 heavy (non-hydrogen) atoms. The van der Waals surface area contributed by atoms with Gasteiger partial charge in [-0.3, -0.25) is 0 Å². The third-order valence-electron chi connectivity index (χ3n) is 1.24. The van der Waals surface area contributed by atoms with Crippen molar-refractivity contribution < 1.29 is 33.7 Å². The summed E-state index contributed by atoms with van der Waals surface area (Å²) >= 11 is 0. The van der Waals surface area contributed by atoms with Gasteiger partial charge in [0.2, 0.25) is 0 Å². The Bertz CT molecular complexity index is 405. The summed E-state index contributed by atoms with van der Waals surface area (Å²) in [6, 6.07) is 0. The molecule has 0 aromatic carbocycles. The average Bonchev–Trinajstić information content (AvgIpc) is 2.24. The molecule has 7 heteroatoms. The number of carbonyl (C=O) groups excluding carboxylic acids is 4. The maximum atomic E-state index is 10.9. The summed E-state index contributed by atoms with van der Waals surface area (Å²) in [4.78, 5) is 51.0. The minimum Gasteiger partial charge on any atom is -0.381 e. The van der Waals surface area contributed by atoms with Crippen LogP contribution in [0.4, 0.5) is 0 Å². The molecule has 0 amide bonds. The largest absolute Gasteiger partial charge is 0.463 e. The van der Waals surface area contributed by atoms with Crippen molar-refractivity contribution in [1.29, 1.82) is 0 Å². The lowest BCUT2D eigenvalue weighted by molar-refractivity contribution is -0.255. The first-order valence-electron chi connectivity index (χ1n) is 4.26. The molecule has 0 spiro atoms. The van der Waals surface area contributed by atoms with Crippen LogP contribution in [0.15, 0.2) is 24.3 Å². The van der Waals surface area contributed by atoms with E-state index < -0.39 is 23.9 Å². The van der Waals surface area contributed by atoms with E-state index >= 15 is 0 Å². The van der Waals surface area contributed by atoms with Crippen molar-refractivity contribution in [3.05, 3.63) is 24.3 Å². The van der Waals surface area contributed by atoms with Gasteiger partial charge < -0.3 is 4.74 Å². The maximum absolute atomic E-state index is 10.9. The van der Waals surface area contributed by atoms with E-state index in [-0.39, 0.29) is 11.1 Å². The SMILES string of the molecule is C=C(C)C(=O)OOC(=O)C(=O)OC(=O)C(=C)C. The molecule has 0 heterocycles. The van der Waals surface area contributed by atoms with Crippen LogP contribution in [-0.4, -0.2) is 23.9 Å². The molecular weight excluding hydrogens is 232 g/mol. The molecule has 0 N–H and O–H groups in total. The number of rotatable bonds is 2. The van der Waals surface area contributed by atoms with Crippen molar-refractivity contribution in [1.82, 2.24) is 0 Å². The highest BCUT2D eigenvalue weighted by molar-refractivity contribution is 6.32. The molecule has 0 atom stereocenters. The summed E-state index contributed by atoms with van der Waals surface area (Å²) in [7, 11) is 0. The van der Waals surface area contributed by atoms with Crippen molar-refractivity contribution in [2.45, 2.75) is 13.8 Å². The number of ether oxygens (including phenoxy) is 1. The van der Waals surface area contributed by atoms with Gasteiger partial charge in [0.1, 0.15) is 0 Å². The van der Waals surface area contributed by atoms with Crippen LogP contribution in [0, 0.1) is 0 Å². The lowest BCUT2D eigenvalue weighted by Gasteiger charge is -2.02. The Kier molecular flexibility index (Phi) is 5.32. The zero-order chi connectivity index (χ0) is 13.6. The molecule has 0 aliphatic heterocycles. The highest BCUT2D eigenvalue weighted by Gasteiger charge is 2.24. The summed E-state index contributed by atoms with van der Waals surface area (Å²) in [5.41, 5.74) is -0.116. The Morgan fingerprint density at radius 2 is 1.12 bits per heavy atom. The van der Waals surface area contributed by atoms with Crippen LogP contribution in [-0.2, 0) is 33.7 Å². The van der Waals surface area contributed by atoms with Gasteiger partial charge in [0.15, 0.2) is 0 Å². The van der Waals surface area contributed by atoms with Crippen molar-refractivity contribution in [3.63, 3.8) is 0 Å². The normalized spacial score (nSPS) is 8.82. The average molecular weight is 242 g/mol. The second-order valence-electron chi connectivity index (χ2n) is 2.98. The maximum Gasteiger partial charge on any atom is 0.463 e. The summed E-state index contributed by atoms with van der Waals surface area (Å²) in [5.74, 6) is -5.38. The van der Waals surface area contributed by atoms with E-state index in [1.54, 1.807) is 0 Å². The van der Waals surface area contributed by atoms with Crippen molar-refractivity contribution in [2.24, 2.45) is 0 Å². The number of carbonyl (C=O) groups is 4. The standard InChI is InChI=1S/C10H10O7/c1-5(2)7(11)15-9(13)10(14)17-16-8(12)6(3)4/h1,3H2,2,4H3. The number of hydrogen-bond donors (Lipinski definition) is 0. The first kappa shape index (κ1) is 14.6. The van der Waals surface area contributed by atoms with Crippen molar-refractivity contribution >= 4 is 23.9 Å². The third-order valence-corrected chi connectivity index (χ3v) is 1.24. The van der Waals surface area contributed by atoms with Crippen molar-refractivity contribution in [3.8, 4) is 0 Å². The van der Waals surface area contributed by atoms with E-state index in [2.05, 4.69) is 27.7 Å². The van der Waals surface area contributed by atoms with Gasteiger partial charge in [0, 0.05) is 11.1 Å². The van der Waals surface area contributed by atoms with Gasteiger partial charge in [-0.1, -0.05) is 13.2 Å². The van der Waals surface area contributed by atoms with Gasteiger partial charge in [-0.05, 0) is 13.8 Å². The fourth-order valence-electron chi connectivity index (χ4n) is 0.394. The minimum absolute atomic E-state index is 0.0378. The van der Waals surface area contributed by atoms with Crippen LogP contribution in [0.25, 0.3) is 0 Å². The molecule has 0 radical (unpaired) electrons. The molecule has 0 aromatic heterocycles. The Morgan fingerprint density at radius 3 is 1.53 bits per heavy atom. The Hall–Kier alpha value is -2.44. The smallest absolute Gasteiger partial charge is 0.381 e. The van der Waals surface area contributed by atoms with Gasteiger partial charge in [0.05, 0.1) is 0 Å². The minimum atomic E-state index is -1.64. The van der Waals surface area contributed by atoms with Gasteiger partial charge >= 0.3 is 23.9 Å². The highest BCUT2D eigenvalue weighted by Crippen LogP contribution is 1.97. The summed E-state index contributed by atoms with van der Waals surface area (Å²) in [6.45, 7) is 8.98. The molecule has 0 unspecified atom stereocenters. The van der Waals surface area contributed by atoms with Crippen LogP contribution >= 0.6 is 0 Å². The number of esters is 2. The molecule has 7 nitrogen and oxygen atoms in total. The third kappa shape index (κ3) is 5.26. The zero-order valence-corrected chi connectivity index (χ0v) is 9.27. The molecule has 92 valence electrons. The van der Waals surface area contributed by atoms with Crippen LogP contribution in [0.1, 0.15) is 13.8 Å². The second-order valence-corrected chi connectivity index (χ2v) is 2.98. The lowest BCUT2D eigenvalue weighted by atomic mass is 10.4. The van der Waals surface area contributed by atoms with Crippen LogP contribution in [0.3, 0.4) is 0 Å². The van der Waals surface area contributed by atoms with E-state index in [0.29, 0.717) is 0 Å². The predicted octanol–water partition coefficient (Wildman–Crippen LogP) is 0.210. The Morgan fingerprint density at radius 1 is 0.706 bits per heavy atom. The topological polar surface area (TPSA) is 96.0 Å². The van der Waals surface area contributed by atoms with Crippen LogP contribution in [0.2, 0.25) is 0 Å². The fraction of sp³-hybridized carbons (Fsp3) is 0.200. The fourth-order valence-corrected chi connectivity index (χ4v) is 0.394. The zero-order valence-electron chi connectivity index (χ0n) is 9.27. The van der Waals surface area contributed by atoms with E-state index in [1.165, 1.54) is 13.8 Å². The second kappa shape index (κ2) is 6.21. The van der Waals surface area contributed by atoms with Crippen LogP contribution < -0.4 is 0 Å². The molecule has 0 saturated heterocycles. The lowest BCUT2D eigenvalue weighted by Crippen LogP contribution is -2.25. The molecule has 0 aliphatic carbocycles. The van der Waals surface area contributed by atoms with E-state index in [9.17, 15) is 19.2 Å². The van der Waals surface area contributed by atoms with Gasteiger partial charge in [-0.2, -0.15) is 0 Å². The molecule has 0 aromatic rings. The summed E-state index contributed by atoms with van der Waals surface area (Å²) in [5, 5.41) is 0. The van der Waals surface area contributed by atoms with Gasteiger partial charge in [-0.25, -0.2) is 29.0 Å². The van der Waals surface area contributed by atoms with Crippen molar-refractivity contribution in [2.75, 3.05) is 0 Å². The molecule has 0 rings (SSSR count). The van der Waals surface area contributed by atoms with E-state index in [0.717, 1.165) is 0 Å². The van der Waals surface area contributed by atoms with E-state index in [1.807, 2.05) is 0 Å². The quantitative estimate of drug-likeness (QED) is 0.170. The molecule has 0 saturated carbocycles.